The highest BCUT2D eigenvalue weighted by atomic mass is 16.2. The van der Waals surface area contributed by atoms with Gasteiger partial charge in [0, 0.05) is 18.8 Å². The van der Waals surface area contributed by atoms with E-state index < -0.39 is 0 Å². The molecule has 2 rings (SSSR count). The highest BCUT2D eigenvalue weighted by molar-refractivity contribution is 5.80. The summed E-state index contributed by atoms with van der Waals surface area (Å²) in [5.74, 6) is 0.694. The monoisotopic (exact) mass is 175 g/mol. The highest BCUT2D eigenvalue weighted by Gasteiger charge is 2.10. The number of pyridine rings is 1. The summed E-state index contributed by atoms with van der Waals surface area (Å²) in [7, 11) is 0. The molecule has 1 aromatic rings. The molecule has 13 heavy (non-hydrogen) atoms. The number of rotatable bonds is 1. The Balaban J connectivity index is 2.22. The SMILES string of the molecule is O=C1CC=CN(c2ccccn2)N1. The first-order chi connectivity index (χ1) is 6.36. The Labute approximate surface area is 75.9 Å². The van der Waals surface area contributed by atoms with Gasteiger partial charge in [-0.15, -0.1) is 0 Å². The van der Waals surface area contributed by atoms with E-state index in [0.717, 1.165) is 0 Å². The Kier molecular flexibility index (Phi) is 1.96. The maximum Gasteiger partial charge on any atom is 0.242 e. The number of hydrogen-bond donors (Lipinski definition) is 1. The Morgan fingerprint density at radius 2 is 2.38 bits per heavy atom. The summed E-state index contributed by atoms with van der Waals surface area (Å²) in [6.07, 6.45) is 5.71. The molecular formula is C9H9N3O. The summed E-state index contributed by atoms with van der Waals surface area (Å²) in [5, 5.41) is 1.60. The van der Waals surface area contributed by atoms with Gasteiger partial charge in [-0.25, -0.2) is 9.99 Å². The van der Waals surface area contributed by atoms with Crippen LogP contribution in [0.15, 0.2) is 36.7 Å². The number of carbonyl (C=O) groups is 1. The molecule has 0 radical (unpaired) electrons. The average molecular weight is 175 g/mol. The van der Waals surface area contributed by atoms with Crippen LogP contribution in [0.1, 0.15) is 6.42 Å². The zero-order chi connectivity index (χ0) is 9.10. The Morgan fingerprint density at radius 1 is 1.46 bits per heavy atom. The summed E-state index contributed by atoms with van der Waals surface area (Å²) in [6.45, 7) is 0. The fourth-order valence-corrected chi connectivity index (χ4v) is 1.11. The third-order valence-corrected chi connectivity index (χ3v) is 1.70. The lowest BCUT2D eigenvalue weighted by molar-refractivity contribution is -0.120. The van der Waals surface area contributed by atoms with Crippen LogP contribution < -0.4 is 10.4 Å². The van der Waals surface area contributed by atoms with Crippen molar-refractivity contribution in [3.63, 3.8) is 0 Å². The molecule has 0 atom stereocenters. The van der Waals surface area contributed by atoms with Crippen LogP contribution in [-0.4, -0.2) is 10.9 Å². The van der Waals surface area contributed by atoms with Crippen molar-refractivity contribution in [1.82, 2.24) is 10.4 Å². The van der Waals surface area contributed by atoms with Gasteiger partial charge in [0.05, 0.1) is 0 Å². The summed E-state index contributed by atoms with van der Waals surface area (Å²) in [5.41, 5.74) is 2.68. The number of anilines is 1. The molecule has 0 saturated carbocycles. The first-order valence-electron chi connectivity index (χ1n) is 4.03. The topological polar surface area (TPSA) is 45.2 Å². The lowest BCUT2D eigenvalue weighted by atomic mass is 10.3. The molecule has 1 N–H and O–H groups in total. The minimum Gasteiger partial charge on any atom is -0.273 e. The number of hydrogen-bond acceptors (Lipinski definition) is 3. The second-order valence-corrected chi connectivity index (χ2v) is 2.68. The van der Waals surface area contributed by atoms with E-state index in [4.69, 9.17) is 0 Å². The number of hydrazine groups is 1. The standard InChI is InChI=1S/C9H9N3O/c13-9-5-3-7-12(11-9)8-4-1-2-6-10-8/h1-4,6-7H,5H2,(H,11,13). The van der Waals surface area contributed by atoms with E-state index in [1.54, 1.807) is 23.5 Å². The summed E-state index contributed by atoms with van der Waals surface area (Å²) in [4.78, 5) is 15.1. The van der Waals surface area contributed by atoms with Crippen molar-refractivity contribution >= 4 is 11.7 Å². The minimum absolute atomic E-state index is 0.0202. The van der Waals surface area contributed by atoms with Crippen LogP contribution in [0.25, 0.3) is 0 Å². The lowest BCUT2D eigenvalue weighted by Gasteiger charge is -2.22. The molecular weight excluding hydrogens is 166 g/mol. The van der Waals surface area contributed by atoms with Gasteiger partial charge >= 0.3 is 0 Å². The molecule has 0 aliphatic carbocycles. The maximum atomic E-state index is 11.0. The molecule has 2 heterocycles. The van der Waals surface area contributed by atoms with Gasteiger partial charge in [0.25, 0.3) is 0 Å². The molecule has 1 amide bonds. The van der Waals surface area contributed by atoms with Crippen molar-refractivity contribution in [3.8, 4) is 0 Å². The molecule has 4 heteroatoms. The van der Waals surface area contributed by atoms with E-state index in [2.05, 4.69) is 10.4 Å². The Hall–Kier alpha value is -1.84. The van der Waals surface area contributed by atoms with E-state index in [-0.39, 0.29) is 5.91 Å². The van der Waals surface area contributed by atoms with E-state index in [9.17, 15) is 4.79 Å². The van der Waals surface area contributed by atoms with Crippen LogP contribution in [0, 0.1) is 0 Å². The van der Waals surface area contributed by atoms with Gasteiger partial charge in [-0.2, -0.15) is 0 Å². The second kappa shape index (κ2) is 3.26. The summed E-state index contributed by atoms with van der Waals surface area (Å²) < 4.78 is 0. The van der Waals surface area contributed by atoms with Gasteiger partial charge in [-0.1, -0.05) is 12.1 Å². The summed E-state index contributed by atoms with van der Waals surface area (Å²) in [6, 6.07) is 5.53. The normalized spacial score (nSPS) is 15.7. The number of nitrogens with zero attached hydrogens (tertiary/aromatic N) is 2. The van der Waals surface area contributed by atoms with Crippen LogP contribution in [-0.2, 0) is 4.79 Å². The van der Waals surface area contributed by atoms with Gasteiger partial charge in [0.1, 0.15) is 0 Å². The zero-order valence-electron chi connectivity index (χ0n) is 6.97. The average Bonchev–Trinajstić information content (AvgIpc) is 2.19. The summed E-state index contributed by atoms with van der Waals surface area (Å²) >= 11 is 0. The van der Waals surface area contributed by atoms with E-state index >= 15 is 0 Å². The molecule has 0 saturated heterocycles. The number of carbonyl (C=O) groups excluding carboxylic acids is 1. The number of aromatic nitrogens is 1. The fourth-order valence-electron chi connectivity index (χ4n) is 1.11. The Bertz CT molecular complexity index is 334. The van der Waals surface area contributed by atoms with Gasteiger partial charge < -0.3 is 0 Å². The van der Waals surface area contributed by atoms with Gasteiger partial charge in [0.15, 0.2) is 5.82 Å². The molecule has 1 aliphatic rings. The minimum atomic E-state index is -0.0202. The quantitative estimate of drug-likeness (QED) is 0.687. The van der Waals surface area contributed by atoms with E-state index in [1.165, 1.54) is 0 Å². The van der Waals surface area contributed by atoms with Crippen LogP contribution >= 0.6 is 0 Å². The third kappa shape index (κ3) is 1.66. The van der Waals surface area contributed by atoms with Gasteiger partial charge in [0.2, 0.25) is 5.91 Å². The molecule has 1 aromatic heterocycles. The van der Waals surface area contributed by atoms with Crippen molar-refractivity contribution in [3.05, 3.63) is 36.7 Å². The smallest absolute Gasteiger partial charge is 0.242 e. The lowest BCUT2D eigenvalue weighted by Crippen LogP contribution is -2.41. The number of amides is 1. The van der Waals surface area contributed by atoms with Crippen molar-refractivity contribution in [2.24, 2.45) is 0 Å². The molecule has 0 bridgehead atoms. The fraction of sp³-hybridized carbons (Fsp3) is 0.111. The van der Waals surface area contributed by atoms with Crippen molar-refractivity contribution in [2.75, 3.05) is 5.01 Å². The van der Waals surface area contributed by atoms with Crippen LogP contribution in [0.2, 0.25) is 0 Å². The van der Waals surface area contributed by atoms with Gasteiger partial charge in [-0.3, -0.25) is 10.2 Å². The number of nitrogens with one attached hydrogen (secondary N) is 1. The van der Waals surface area contributed by atoms with Crippen LogP contribution in [0.4, 0.5) is 5.82 Å². The van der Waals surface area contributed by atoms with Crippen molar-refractivity contribution in [2.45, 2.75) is 6.42 Å². The first kappa shape index (κ1) is 7.79. The van der Waals surface area contributed by atoms with E-state index in [0.29, 0.717) is 12.2 Å². The molecule has 1 aliphatic heterocycles. The first-order valence-corrected chi connectivity index (χ1v) is 4.03. The molecule has 0 fully saturated rings. The molecule has 4 nitrogen and oxygen atoms in total. The highest BCUT2D eigenvalue weighted by Crippen LogP contribution is 2.09. The molecule has 0 unspecified atom stereocenters. The van der Waals surface area contributed by atoms with Gasteiger partial charge in [-0.05, 0) is 12.1 Å². The maximum absolute atomic E-state index is 11.0. The van der Waals surface area contributed by atoms with E-state index in [1.807, 2.05) is 18.2 Å². The van der Waals surface area contributed by atoms with Crippen molar-refractivity contribution < 1.29 is 4.79 Å². The zero-order valence-corrected chi connectivity index (χ0v) is 6.97. The molecule has 66 valence electrons. The van der Waals surface area contributed by atoms with Crippen LogP contribution in [0.5, 0.6) is 0 Å². The predicted octanol–water partition coefficient (Wildman–Crippen LogP) is 0.837. The largest absolute Gasteiger partial charge is 0.273 e. The molecule has 0 aromatic carbocycles. The van der Waals surface area contributed by atoms with Crippen LogP contribution in [0.3, 0.4) is 0 Å². The predicted molar refractivity (Wildman–Crippen MR) is 48.6 cm³/mol. The van der Waals surface area contributed by atoms with Crippen molar-refractivity contribution in [1.29, 1.82) is 0 Å². The third-order valence-electron chi connectivity index (χ3n) is 1.70. The Morgan fingerprint density at radius 3 is 3.08 bits per heavy atom. The molecule has 0 spiro atoms. The second-order valence-electron chi connectivity index (χ2n) is 2.68.